The van der Waals surface area contributed by atoms with Crippen LogP contribution in [0.4, 0.5) is 5.69 Å². The molecule has 0 aliphatic carbocycles. The Morgan fingerprint density at radius 1 is 0.875 bits per heavy atom. The van der Waals surface area contributed by atoms with Gasteiger partial charge >= 0.3 is 0 Å². The molecule has 0 heterocycles. The number of nitrogens with zero attached hydrogens (tertiary/aromatic N) is 2. The average molecular weight is 566 g/mol. The standard InChI is InChI=1S/C31H39N3O5S/c1-5-24(3)32-31(36)29(6-2)33(22-21-25-13-9-7-10-14-25)30(35)23-34(26-15-11-8-12-16-26)40(37,38)28-19-17-27(39-4)18-20-28/h7-20,24,29H,5-6,21-23H2,1-4H3,(H,32,36)/t24-,29-/m0/s1. The summed E-state index contributed by atoms with van der Waals surface area (Å²) in [5, 5.41) is 2.99. The van der Waals surface area contributed by atoms with Gasteiger partial charge in [-0.05, 0) is 68.1 Å². The van der Waals surface area contributed by atoms with Gasteiger partial charge in [0.1, 0.15) is 18.3 Å². The maximum atomic E-state index is 14.0. The molecule has 0 spiro atoms. The van der Waals surface area contributed by atoms with Crippen molar-refractivity contribution in [3.63, 3.8) is 0 Å². The van der Waals surface area contributed by atoms with Crippen molar-refractivity contribution in [1.29, 1.82) is 0 Å². The van der Waals surface area contributed by atoms with Crippen molar-refractivity contribution in [2.24, 2.45) is 0 Å². The predicted molar refractivity (Wildman–Crippen MR) is 158 cm³/mol. The largest absolute Gasteiger partial charge is 0.497 e. The Hall–Kier alpha value is -3.85. The molecule has 0 saturated carbocycles. The van der Waals surface area contributed by atoms with E-state index >= 15 is 0 Å². The molecule has 3 aromatic carbocycles. The summed E-state index contributed by atoms with van der Waals surface area (Å²) in [5.41, 5.74) is 1.37. The molecule has 214 valence electrons. The lowest BCUT2D eigenvalue weighted by Crippen LogP contribution is -2.54. The molecule has 0 saturated heterocycles. The molecule has 0 radical (unpaired) electrons. The number of ether oxygens (including phenoxy) is 1. The Bertz CT molecular complexity index is 1330. The predicted octanol–water partition coefficient (Wildman–Crippen LogP) is 4.66. The highest BCUT2D eigenvalue weighted by molar-refractivity contribution is 7.92. The smallest absolute Gasteiger partial charge is 0.264 e. The summed E-state index contributed by atoms with van der Waals surface area (Å²) in [4.78, 5) is 28.8. The molecule has 0 aliphatic heterocycles. The molecule has 3 rings (SSSR count). The molecular formula is C31H39N3O5S. The van der Waals surface area contributed by atoms with Crippen molar-refractivity contribution in [1.82, 2.24) is 10.2 Å². The highest BCUT2D eigenvalue weighted by atomic mass is 32.2. The number of amides is 2. The number of hydrogen-bond acceptors (Lipinski definition) is 5. The molecule has 2 atom stereocenters. The van der Waals surface area contributed by atoms with E-state index in [1.165, 1.54) is 24.1 Å². The lowest BCUT2D eigenvalue weighted by Gasteiger charge is -2.33. The van der Waals surface area contributed by atoms with E-state index in [1.54, 1.807) is 42.5 Å². The van der Waals surface area contributed by atoms with Gasteiger partial charge in [0.05, 0.1) is 17.7 Å². The van der Waals surface area contributed by atoms with Gasteiger partial charge in [0.25, 0.3) is 10.0 Å². The molecular weight excluding hydrogens is 526 g/mol. The van der Waals surface area contributed by atoms with Crippen molar-refractivity contribution in [2.75, 3.05) is 24.5 Å². The monoisotopic (exact) mass is 565 g/mol. The number of methoxy groups -OCH3 is 1. The van der Waals surface area contributed by atoms with Crippen LogP contribution < -0.4 is 14.4 Å². The zero-order valence-electron chi connectivity index (χ0n) is 23.6. The molecule has 0 bridgehead atoms. The minimum absolute atomic E-state index is 0.0299. The molecule has 0 aliphatic rings. The number of anilines is 1. The fourth-order valence-electron chi connectivity index (χ4n) is 4.33. The third kappa shape index (κ3) is 7.85. The lowest BCUT2D eigenvalue weighted by atomic mass is 10.1. The molecule has 40 heavy (non-hydrogen) atoms. The third-order valence-corrected chi connectivity index (χ3v) is 8.63. The third-order valence-electron chi connectivity index (χ3n) is 6.84. The maximum absolute atomic E-state index is 14.0. The van der Waals surface area contributed by atoms with Crippen molar-refractivity contribution in [3.05, 3.63) is 90.5 Å². The summed E-state index contributed by atoms with van der Waals surface area (Å²) in [5.74, 6) is -0.183. The highest BCUT2D eigenvalue weighted by Crippen LogP contribution is 2.25. The summed E-state index contributed by atoms with van der Waals surface area (Å²) >= 11 is 0. The molecule has 0 unspecified atom stereocenters. The van der Waals surface area contributed by atoms with E-state index in [-0.39, 0.29) is 23.4 Å². The normalized spacial score (nSPS) is 12.7. The van der Waals surface area contributed by atoms with E-state index in [0.717, 1.165) is 16.3 Å². The van der Waals surface area contributed by atoms with Gasteiger partial charge in [0.15, 0.2) is 0 Å². The van der Waals surface area contributed by atoms with Crippen LogP contribution >= 0.6 is 0 Å². The Labute approximate surface area is 238 Å². The quantitative estimate of drug-likeness (QED) is 0.307. The van der Waals surface area contributed by atoms with E-state index in [9.17, 15) is 18.0 Å². The van der Waals surface area contributed by atoms with Gasteiger partial charge in [-0.3, -0.25) is 13.9 Å². The second-order valence-corrected chi connectivity index (χ2v) is 11.4. The first-order valence-corrected chi connectivity index (χ1v) is 15.0. The first-order valence-electron chi connectivity index (χ1n) is 13.6. The van der Waals surface area contributed by atoms with Crippen molar-refractivity contribution in [3.8, 4) is 5.75 Å². The van der Waals surface area contributed by atoms with Crippen LogP contribution in [0.3, 0.4) is 0 Å². The van der Waals surface area contributed by atoms with E-state index in [2.05, 4.69) is 5.32 Å². The second-order valence-electron chi connectivity index (χ2n) is 9.59. The second kappa shape index (κ2) is 14.5. The SMILES string of the molecule is CC[C@H](C)NC(=O)[C@H](CC)N(CCc1ccccc1)C(=O)CN(c1ccccc1)S(=O)(=O)c1ccc(OC)cc1. The number of carbonyl (C=O) groups excluding carboxylic acids is 2. The van der Waals surface area contributed by atoms with E-state index in [1.807, 2.05) is 51.1 Å². The number of hydrogen-bond donors (Lipinski definition) is 1. The fraction of sp³-hybridized carbons (Fsp3) is 0.355. The van der Waals surface area contributed by atoms with Gasteiger partial charge < -0.3 is 15.0 Å². The van der Waals surface area contributed by atoms with Crippen LogP contribution in [0.5, 0.6) is 5.75 Å². The molecule has 1 N–H and O–H groups in total. The number of benzene rings is 3. The molecule has 3 aromatic rings. The summed E-state index contributed by atoms with van der Waals surface area (Å²) in [6.45, 7) is 5.55. The zero-order valence-corrected chi connectivity index (χ0v) is 24.4. The molecule has 2 amide bonds. The highest BCUT2D eigenvalue weighted by Gasteiger charge is 2.33. The van der Waals surface area contributed by atoms with Crippen molar-refractivity contribution >= 4 is 27.5 Å². The van der Waals surface area contributed by atoms with Gasteiger partial charge in [0, 0.05) is 12.6 Å². The van der Waals surface area contributed by atoms with Crippen LogP contribution in [-0.4, -0.2) is 57.4 Å². The van der Waals surface area contributed by atoms with Gasteiger partial charge in [-0.25, -0.2) is 8.42 Å². The number of nitrogens with one attached hydrogen (secondary N) is 1. The van der Waals surface area contributed by atoms with Gasteiger partial charge in [-0.2, -0.15) is 0 Å². The van der Waals surface area contributed by atoms with Crippen LogP contribution in [0.15, 0.2) is 89.8 Å². The van der Waals surface area contributed by atoms with E-state index < -0.39 is 28.5 Å². The number of sulfonamides is 1. The molecule has 8 nitrogen and oxygen atoms in total. The van der Waals surface area contributed by atoms with Gasteiger partial charge in [-0.1, -0.05) is 62.4 Å². The van der Waals surface area contributed by atoms with Crippen LogP contribution in [0.25, 0.3) is 0 Å². The number of para-hydroxylation sites is 1. The molecule has 9 heteroatoms. The first kappa shape index (κ1) is 30.7. The zero-order chi connectivity index (χ0) is 29.1. The number of rotatable bonds is 14. The van der Waals surface area contributed by atoms with Crippen molar-refractivity contribution < 1.29 is 22.7 Å². The van der Waals surface area contributed by atoms with Crippen LogP contribution in [0.1, 0.15) is 39.2 Å². The Balaban J connectivity index is 1.98. The average Bonchev–Trinajstić information content (AvgIpc) is 2.98. The number of carbonyl (C=O) groups is 2. The van der Waals surface area contributed by atoms with Crippen molar-refractivity contribution in [2.45, 2.75) is 57.0 Å². The van der Waals surface area contributed by atoms with Gasteiger partial charge in [-0.15, -0.1) is 0 Å². The van der Waals surface area contributed by atoms with Crippen LogP contribution in [-0.2, 0) is 26.0 Å². The van der Waals surface area contributed by atoms with Crippen LogP contribution in [0, 0.1) is 0 Å². The maximum Gasteiger partial charge on any atom is 0.264 e. The summed E-state index contributed by atoms with van der Waals surface area (Å²) in [6.07, 6.45) is 1.66. The first-order chi connectivity index (χ1) is 19.2. The minimum Gasteiger partial charge on any atom is -0.497 e. The Morgan fingerprint density at radius 3 is 2.02 bits per heavy atom. The summed E-state index contributed by atoms with van der Waals surface area (Å²) in [6, 6.07) is 23.5. The Kier molecular flexibility index (Phi) is 11.1. The van der Waals surface area contributed by atoms with Gasteiger partial charge in [0.2, 0.25) is 11.8 Å². The van der Waals surface area contributed by atoms with E-state index in [0.29, 0.717) is 24.3 Å². The summed E-state index contributed by atoms with van der Waals surface area (Å²) < 4.78 is 34.0. The minimum atomic E-state index is -4.12. The Morgan fingerprint density at radius 2 is 1.48 bits per heavy atom. The lowest BCUT2D eigenvalue weighted by molar-refractivity contribution is -0.139. The molecule has 0 aromatic heterocycles. The topological polar surface area (TPSA) is 96.0 Å². The molecule has 0 fully saturated rings. The van der Waals surface area contributed by atoms with Crippen LogP contribution in [0.2, 0.25) is 0 Å². The summed E-state index contributed by atoms with van der Waals surface area (Å²) in [7, 11) is -2.62. The fourth-order valence-corrected chi connectivity index (χ4v) is 5.75. The van der Waals surface area contributed by atoms with E-state index in [4.69, 9.17) is 4.74 Å².